The Hall–Kier alpha value is -3.22. The van der Waals surface area contributed by atoms with Crippen LogP contribution in [0, 0.1) is 13.8 Å². The number of hydrogen-bond donors (Lipinski definition) is 0. The molecule has 0 aromatic heterocycles. The molecule has 0 spiro atoms. The number of aryl methyl sites for hydroxylation is 2. The van der Waals surface area contributed by atoms with E-state index < -0.39 is 12.8 Å². The zero-order valence-corrected chi connectivity index (χ0v) is 19.3. The quantitative estimate of drug-likeness (QED) is 0.240. The Morgan fingerprint density at radius 1 is 0.656 bits per heavy atom. The van der Waals surface area contributed by atoms with Gasteiger partial charge < -0.3 is 4.57 Å². The van der Waals surface area contributed by atoms with E-state index >= 15 is 4.57 Å². The summed E-state index contributed by atoms with van der Waals surface area (Å²) in [5, 5.41) is 1.65. The molecule has 0 aliphatic rings. The van der Waals surface area contributed by atoms with E-state index in [0.29, 0.717) is 5.56 Å². The monoisotopic (exact) mass is 438 g/mol. The van der Waals surface area contributed by atoms with E-state index in [1.54, 1.807) is 0 Å². The number of Topliss-reactive ketones (excluding diaryl/α,β-unsaturated/α-hetero) is 1. The first kappa shape index (κ1) is 22.0. The molecule has 4 rings (SSSR count). The molecule has 0 radical (unpaired) electrons. The number of carbonyl (C=O) groups excluding carboxylic acids is 1. The molecule has 0 saturated heterocycles. The minimum Gasteiger partial charge on any atom is -0.313 e. The van der Waals surface area contributed by atoms with Crippen LogP contribution in [0.4, 0.5) is 0 Å². The summed E-state index contributed by atoms with van der Waals surface area (Å²) in [6.45, 7) is 4.00. The third-order valence-electron chi connectivity index (χ3n) is 6.04. The second-order valence-electron chi connectivity index (χ2n) is 8.15. The molecule has 2 nitrogen and oxygen atoms in total. The molecule has 0 aliphatic carbocycles. The largest absolute Gasteiger partial charge is 0.313 e. The minimum atomic E-state index is -3.23. The van der Waals surface area contributed by atoms with Gasteiger partial charge in [-0.15, -0.1) is 0 Å². The summed E-state index contributed by atoms with van der Waals surface area (Å²) >= 11 is 0. The molecule has 0 saturated carbocycles. The van der Waals surface area contributed by atoms with E-state index in [-0.39, 0.29) is 12.2 Å². The zero-order chi connectivity index (χ0) is 22.6. The minimum absolute atomic E-state index is 0.00171. The van der Waals surface area contributed by atoms with Crippen LogP contribution in [0.25, 0.3) is 0 Å². The Bertz CT molecular complexity index is 1210. The molecule has 0 fully saturated rings. The standard InChI is InChI=1S/C29H27O2P/c1-22-13-9-11-19-27(22)32(31,28-20-12-10-14-23(28)2)29(25-17-7-4-8-18-25)21-26(30)24-15-5-3-6-16-24/h3-20,29H,21H2,1-2H3. The fourth-order valence-corrected chi connectivity index (χ4v) is 8.14. The van der Waals surface area contributed by atoms with Crippen LogP contribution in [0.3, 0.4) is 0 Å². The van der Waals surface area contributed by atoms with Gasteiger partial charge in [0, 0.05) is 22.6 Å². The number of hydrogen-bond acceptors (Lipinski definition) is 2. The molecule has 1 unspecified atom stereocenters. The van der Waals surface area contributed by atoms with Crippen molar-refractivity contribution < 1.29 is 9.36 Å². The van der Waals surface area contributed by atoms with Crippen LogP contribution in [0.2, 0.25) is 0 Å². The maximum absolute atomic E-state index is 15.4. The number of rotatable bonds is 7. The van der Waals surface area contributed by atoms with Gasteiger partial charge in [0.05, 0.1) is 5.66 Å². The second-order valence-corrected chi connectivity index (χ2v) is 11.1. The van der Waals surface area contributed by atoms with Crippen LogP contribution in [-0.2, 0) is 4.57 Å². The molecule has 0 heterocycles. The van der Waals surface area contributed by atoms with Gasteiger partial charge in [-0.2, -0.15) is 0 Å². The van der Waals surface area contributed by atoms with Crippen molar-refractivity contribution in [3.8, 4) is 0 Å². The smallest absolute Gasteiger partial charge is 0.163 e. The molecule has 160 valence electrons. The van der Waals surface area contributed by atoms with Crippen molar-refractivity contribution in [2.75, 3.05) is 0 Å². The van der Waals surface area contributed by atoms with E-state index in [1.165, 1.54) is 0 Å². The van der Waals surface area contributed by atoms with Crippen molar-refractivity contribution in [2.24, 2.45) is 0 Å². The molecular formula is C29H27O2P. The molecule has 0 N–H and O–H groups in total. The summed E-state index contributed by atoms with van der Waals surface area (Å²) in [6, 6.07) is 34.9. The van der Waals surface area contributed by atoms with E-state index in [1.807, 2.05) is 123 Å². The van der Waals surface area contributed by atoms with Gasteiger partial charge in [-0.05, 0) is 30.5 Å². The van der Waals surface area contributed by atoms with Crippen molar-refractivity contribution in [1.82, 2.24) is 0 Å². The van der Waals surface area contributed by atoms with Crippen molar-refractivity contribution in [3.63, 3.8) is 0 Å². The van der Waals surface area contributed by atoms with E-state index in [4.69, 9.17) is 0 Å². The first-order chi connectivity index (χ1) is 15.5. The normalized spacial score (nSPS) is 12.3. The summed E-state index contributed by atoms with van der Waals surface area (Å²) < 4.78 is 15.4. The highest BCUT2D eigenvalue weighted by Crippen LogP contribution is 2.60. The van der Waals surface area contributed by atoms with Crippen LogP contribution in [0.15, 0.2) is 109 Å². The third kappa shape index (κ3) is 4.24. The summed E-state index contributed by atoms with van der Waals surface area (Å²) in [4.78, 5) is 13.4. The van der Waals surface area contributed by atoms with Gasteiger partial charge in [0.1, 0.15) is 0 Å². The SMILES string of the molecule is Cc1ccccc1P(=O)(c1ccccc1C)C(CC(=O)c1ccccc1)c1ccccc1. The lowest BCUT2D eigenvalue weighted by Crippen LogP contribution is -2.26. The fourth-order valence-electron chi connectivity index (χ4n) is 4.39. The summed E-state index contributed by atoms with van der Waals surface area (Å²) in [5.74, 6) is 0.00171. The molecule has 4 aromatic rings. The van der Waals surface area contributed by atoms with Gasteiger partial charge in [0.25, 0.3) is 0 Å². The van der Waals surface area contributed by atoms with Crippen LogP contribution in [0.5, 0.6) is 0 Å². The van der Waals surface area contributed by atoms with Crippen LogP contribution < -0.4 is 10.6 Å². The Balaban J connectivity index is 1.96. The van der Waals surface area contributed by atoms with Gasteiger partial charge in [-0.3, -0.25) is 4.79 Å². The molecule has 1 atom stereocenters. The third-order valence-corrected chi connectivity index (χ3v) is 9.84. The molecule has 32 heavy (non-hydrogen) atoms. The van der Waals surface area contributed by atoms with Crippen molar-refractivity contribution in [1.29, 1.82) is 0 Å². The highest BCUT2D eigenvalue weighted by atomic mass is 31.2. The molecular weight excluding hydrogens is 411 g/mol. The maximum atomic E-state index is 15.4. The first-order valence-electron chi connectivity index (χ1n) is 10.9. The summed E-state index contributed by atoms with van der Waals surface area (Å²) in [6.07, 6.45) is 0.175. The van der Waals surface area contributed by atoms with Crippen LogP contribution in [-0.4, -0.2) is 5.78 Å². The molecule has 4 aromatic carbocycles. The van der Waals surface area contributed by atoms with Crippen molar-refractivity contribution >= 4 is 23.5 Å². The second kappa shape index (κ2) is 9.51. The van der Waals surface area contributed by atoms with Gasteiger partial charge in [0.2, 0.25) is 0 Å². The predicted molar refractivity (Wildman–Crippen MR) is 134 cm³/mol. The Kier molecular flexibility index (Phi) is 6.53. The Morgan fingerprint density at radius 3 is 1.59 bits per heavy atom. The summed E-state index contributed by atoms with van der Waals surface area (Å²) in [5.41, 5.74) is 3.07. The highest BCUT2D eigenvalue weighted by Gasteiger charge is 2.40. The number of ketones is 1. The number of carbonyl (C=O) groups is 1. The van der Waals surface area contributed by atoms with Gasteiger partial charge in [-0.25, -0.2) is 0 Å². The predicted octanol–water partition coefficient (Wildman–Crippen LogP) is 6.63. The van der Waals surface area contributed by atoms with Crippen LogP contribution in [0.1, 0.15) is 39.1 Å². The fraction of sp³-hybridized carbons (Fsp3) is 0.138. The van der Waals surface area contributed by atoms with Gasteiger partial charge in [-0.1, -0.05) is 109 Å². The number of benzene rings is 4. The molecule has 0 bridgehead atoms. The topological polar surface area (TPSA) is 34.1 Å². The van der Waals surface area contributed by atoms with Gasteiger partial charge in [0.15, 0.2) is 12.9 Å². The lowest BCUT2D eigenvalue weighted by Gasteiger charge is -2.31. The summed E-state index contributed by atoms with van der Waals surface area (Å²) in [7, 11) is -3.23. The molecule has 0 aliphatic heterocycles. The Labute approximate surface area is 190 Å². The van der Waals surface area contributed by atoms with Gasteiger partial charge >= 0.3 is 0 Å². The molecule has 0 amide bonds. The molecule has 3 heteroatoms. The first-order valence-corrected chi connectivity index (χ1v) is 12.6. The zero-order valence-electron chi connectivity index (χ0n) is 18.4. The van der Waals surface area contributed by atoms with Crippen molar-refractivity contribution in [3.05, 3.63) is 131 Å². The average molecular weight is 439 g/mol. The average Bonchev–Trinajstić information content (AvgIpc) is 2.83. The van der Waals surface area contributed by atoms with E-state index in [9.17, 15) is 4.79 Å². The van der Waals surface area contributed by atoms with Crippen molar-refractivity contribution in [2.45, 2.75) is 25.9 Å². The van der Waals surface area contributed by atoms with E-state index in [0.717, 1.165) is 27.3 Å². The highest BCUT2D eigenvalue weighted by molar-refractivity contribution is 7.79. The van der Waals surface area contributed by atoms with E-state index in [2.05, 4.69) is 0 Å². The lowest BCUT2D eigenvalue weighted by atomic mass is 10.0. The van der Waals surface area contributed by atoms with Crippen LogP contribution >= 0.6 is 7.14 Å². The Morgan fingerprint density at radius 2 is 1.09 bits per heavy atom. The lowest BCUT2D eigenvalue weighted by molar-refractivity contribution is 0.0981. The maximum Gasteiger partial charge on any atom is 0.163 e.